The van der Waals surface area contributed by atoms with Crippen LogP contribution in [0.4, 0.5) is 9.80 Å². The number of piperidine rings is 1. The molecule has 1 unspecified atom stereocenters. The lowest BCUT2D eigenvalue weighted by atomic mass is 9.97. The van der Waals surface area contributed by atoms with Gasteiger partial charge >= 0.3 is 6.03 Å². The number of carbonyl (C=O) groups excluding carboxylic acids is 2. The number of thiophene rings is 1. The first-order chi connectivity index (χ1) is 10.2. The van der Waals surface area contributed by atoms with Gasteiger partial charge in [-0.05, 0) is 36.8 Å². The number of urea groups is 1. The Balaban J connectivity index is 1.82. The van der Waals surface area contributed by atoms with E-state index >= 15 is 0 Å². The molecular weight excluding hydrogens is 286 g/mol. The third-order valence-corrected chi connectivity index (χ3v) is 4.45. The standard InChI is InChI=1S/C15H23N3O2S/c1-2-3-8-16-14(19)12-6-4-9-18(11-12)15(20)17-13-7-5-10-21-13/h5,7,10,12H,2-4,6,8-9,11H2,1H3,(H,16,19)(H,17,20). The van der Waals surface area contributed by atoms with Gasteiger partial charge < -0.3 is 10.2 Å². The van der Waals surface area contributed by atoms with Crippen molar-refractivity contribution < 1.29 is 9.59 Å². The molecule has 3 amide bonds. The Labute approximate surface area is 129 Å². The van der Waals surface area contributed by atoms with Gasteiger partial charge in [0.2, 0.25) is 5.91 Å². The molecule has 6 heteroatoms. The second kappa shape index (κ2) is 8.02. The summed E-state index contributed by atoms with van der Waals surface area (Å²) in [5, 5.41) is 8.61. The molecule has 116 valence electrons. The topological polar surface area (TPSA) is 61.4 Å². The van der Waals surface area contributed by atoms with Gasteiger partial charge in [0, 0.05) is 19.6 Å². The second-order valence-electron chi connectivity index (χ2n) is 5.34. The van der Waals surface area contributed by atoms with Crippen LogP contribution in [0.25, 0.3) is 0 Å². The smallest absolute Gasteiger partial charge is 0.322 e. The number of nitrogens with zero attached hydrogens (tertiary/aromatic N) is 1. The van der Waals surface area contributed by atoms with Crippen molar-refractivity contribution in [3.05, 3.63) is 17.5 Å². The van der Waals surface area contributed by atoms with Crippen LogP contribution in [0, 0.1) is 5.92 Å². The number of likely N-dealkylation sites (tertiary alicyclic amines) is 1. The number of nitrogens with one attached hydrogen (secondary N) is 2. The van der Waals surface area contributed by atoms with Crippen LogP contribution in [0.2, 0.25) is 0 Å². The monoisotopic (exact) mass is 309 g/mol. The van der Waals surface area contributed by atoms with Gasteiger partial charge in [-0.2, -0.15) is 0 Å². The molecule has 0 bridgehead atoms. The summed E-state index contributed by atoms with van der Waals surface area (Å²) < 4.78 is 0. The van der Waals surface area contributed by atoms with Crippen molar-refractivity contribution in [2.24, 2.45) is 5.92 Å². The first-order valence-electron chi connectivity index (χ1n) is 7.58. The molecule has 1 aliphatic rings. The van der Waals surface area contributed by atoms with Crippen molar-refractivity contribution in [1.29, 1.82) is 0 Å². The Morgan fingerprint density at radius 1 is 1.48 bits per heavy atom. The molecule has 1 aromatic rings. The number of rotatable bonds is 5. The van der Waals surface area contributed by atoms with Crippen LogP contribution in [0.1, 0.15) is 32.6 Å². The third-order valence-electron chi connectivity index (χ3n) is 3.66. The maximum Gasteiger partial charge on any atom is 0.322 e. The zero-order valence-electron chi connectivity index (χ0n) is 12.4. The minimum atomic E-state index is -0.108. The zero-order chi connectivity index (χ0) is 15.1. The van der Waals surface area contributed by atoms with Crippen LogP contribution in [0.15, 0.2) is 17.5 Å². The fourth-order valence-electron chi connectivity index (χ4n) is 2.44. The van der Waals surface area contributed by atoms with Gasteiger partial charge in [0.15, 0.2) is 0 Å². The molecule has 1 fully saturated rings. The van der Waals surface area contributed by atoms with E-state index in [4.69, 9.17) is 0 Å². The van der Waals surface area contributed by atoms with E-state index in [9.17, 15) is 9.59 Å². The predicted molar refractivity (Wildman–Crippen MR) is 85.6 cm³/mol. The Morgan fingerprint density at radius 3 is 3.05 bits per heavy atom. The number of anilines is 1. The molecule has 0 radical (unpaired) electrons. The summed E-state index contributed by atoms with van der Waals surface area (Å²) in [5.41, 5.74) is 0. The lowest BCUT2D eigenvalue weighted by Gasteiger charge is -2.31. The van der Waals surface area contributed by atoms with Gasteiger partial charge in [-0.15, -0.1) is 11.3 Å². The Kier molecular flexibility index (Phi) is 6.04. The van der Waals surface area contributed by atoms with Gasteiger partial charge in [-0.1, -0.05) is 13.3 Å². The fourth-order valence-corrected chi connectivity index (χ4v) is 3.05. The Morgan fingerprint density at radius 2 is 2.33 bits per heavy atom. The van der Waals surface area contributed by atoms with Crippen LogP contribution in [0.5, 0.6) is 0 Å². The largest absolute Gasteiger partial charge is 0.356 e. The van der Waals surface area contributed by atoms with Crippen molar-refractivity contribution in [2.45, 2.75) is 32.6 Å². The highest BCUT2D eigenvalue weighted by molar-refractivity contribution is 7.14. The summed E-state index contributed by atoms with van der Waals surface area (Å²) in [5.74, 6) is 0.00163. The molecule has 21 heavy (non-hydrogen) atoms. The van der Waals surface area contributed by atoms with E-state index < -0.39 is 0 Å². The normalized spacial score (nSPS) is 18.3. The second-order valence-corrected chi connectivity index (χ2v) is 6.28. The van der Waals surface area contributed by atoms with Gasteiger partial charge in [-0.3, -0.25) is 10.1 Å². The van der Waals surface area contributed by atoms with E-state index in [1.165, 1.54) is 11.3 Å². The van der Waals surface area contributed by atoms with E-state index in [1.807, 2.05) is 17.5 Å². The molecular formula is C15H23N3O2S. The highest BCUT2D eigenvalue weighted by Gasteiger charge is 2.28. The molecule has 0 aromatic carbocycles. The number of amides is 3. The van der Waals surface area contributed by atoms with Crippen molar-refractivity contribution >= 4 is 28.3 Å². The molecule has 5 nitrogen and oxygen atoms in total. The number of hydrogen-bond acceptors (Lipinski definition) is 3. The molecule has 2 heterocycles. The van der Waals surface area contributed by atoms with Crippen molar-refractivity contribution in [3.63, 3.8) is 0 Å². The maximum atomic E-state index is 12.2. The summed E-state index contributed by atoms with van der Waals surface area (Å²) in [6, 6.07) is 3.67. The maximum absolute atomic E-state index is 12.2. The van der Waals surface area contributed by atoms with Crippen LogP contribution >= 0.6 is 11.3 Å². The first-order valence-corrected chi connectivity index (χ1v) is 8.45. The SMILES string of the molecule is CCCCNC(=O)C1CCCN(C(=O)Nc2cccs2)C1. The van der Waals surface area contributed by atoms with E-state index in [0.29, 0.717) is 6.54 Å². The highest BCUT2D eigenvalue weighted by Crippen LogP contribution is 2.20. The number of hydrogen-bond donors (Lipinski definition) is 2. The molecule has 1 saturated heterocycles. The average Bonchev–Trinajstić information content (AvgIpc) is 3.00. The fraction of sp³-hybridized carbons (Fsp3) is 0.600. The summed E-state index contributed by atoms with van der Waals surface area (Å²) >= 11 is 1.50. The van der Waals surface area contributed by atoms with Crippen molar-refractivity contribution in [3.8, 4) is 0 Å². The van der Waals surface area contributed by atoms with Gasteiger partial charge in [-0.25, -0.2) is 4.79 Å². The molecule has 1 aromatic heterocycles. The molecule has 2 N–H and O–H groups in total. The lowest BCUT2D eigenvalue weighted by molar-refractivity contribution is -0.126. The highest BCUT2D eigenvalue weighted by atomic mass is 32.1. The number of unbranched alkanes of at least 4 members (excludes halogenated alkanes) is 1. The Hall–Kier alpha value is -1.56. The minimum absolute atomic E-state index is 0.0790. The quantitative estimate of drug-likeness (QED) is 0.822. The number of carbonyl (C=O) groups is 2. The third kappa shape index (κ3) is 4.74. The molecule has 0 saturated carbocycles. The molecule has 0 spiro atoms. The van der Waals surface area contributed by atoms with Crippen LogP contribution in [-0.2, 0) is 4.79 Å². The average molecular weight is 309 g/mol. The molecule has 0 aliphatic carbocycles. The van der Waals surface area contributed by atoms with Gasteiger partial charge in [0.25, 0.3) is 0 Å². The predicted octanol–water partition coefficient (Wildman–Crippen LogP) is 2.91. The Bertz CT molecular complexity index is 461. The van der Waals surface area contributed by atoms with Crippen molar-refractivity contribution in [2.75, 3.05) is 25.0 Å². The van der Waals surface area contributed by atoms with Gasteiger partial charge in [0.1, 0.15) is 0 Å². The molecule has 1 aliphatic heterocycles. The van der Waals surface area contributed by atoms with Crippen molar-refractivity contribution in [1.82, 2.24) is 10.2 Å². The minimum Gasteiger partial charge on any atom is -0.356 e. The van der Waals surface area contributed by atoms with E-state index in [2.05, 4.69) is 17.6 Å². The molecule has 1 atom stereocenters. The first kappa shape index (κ1) is 15.8. The van der Waals surface area contributed by atoms with Gasteiger partial charge in [0.05, 0.1) is 10.9 Å². The van der Waals surface area contributed by atoms with E-state index in [0.717, 1.165) is 43.8 Å². The lowest BCUT2D eigenvalue weighted by Crippen LogP contribution is -2.47. The van der Waals surface area contributed by atoms with Crippen LogP contribution in [-0.4, -0.2) is 36.5 Å². The van der Waals surface area contributed by atoms with Crippen LogP contribution in [0.3, 0.4) is 0 Å². The molecule has 2 rings (SSSR count). The summed E-state index contributed by atoms with van der Waals surface area (Å²) in [6.45, 7) is 4.06. The van der Waals surface area contributed by atoms with E-state index in [-0.39, 0.29) is 17.9 Å². The van der Waals surface area contributed by atoms with Crippen LogP contribution < -0.4 is 10.6 Å². The zero-order valence-corrected chi connectivity index (χ0v) is 13.2. The summed E-state index contributed by atoms with van der Waals surface area (Å²) in [4.78, 5) is 26.0. The summed E-state index contributed by atoms with van der Waals surface area (Å²) in [7, 11) is 0. The summed E-state index contributed by atoms with van der Waals surface area (Å²) in [6.07, 6.45) is 3.81. The van der Waals surface area contributed by atoms with E-state index in [1.54, 1.807) is 4.90 Å².